The number of benzene rings is 3. The van der Waals surface area contributed by atoms with E-state index in [4.69, 9.17) is 16.3 Å². The van der Waals surface area contributed by atoms with Crippen molar-refractivity contribution in [3.05, 3.63) is 88.9 Å². The van der Waals surface area contributed by atoms with E-state index in [9.17, 15) is 14.4 Å². The molecule has 8 nitrogen and oxygen atoms in total. The molecule has 1 aliphatic rings. The summed E-state index contributed by atoms with van der Waals surface area (Å²) in [5, 5.41) is 3.20. The number of nitrogens with one attached hydrogen (secondary N) is 1. The van der Waals surface area contributed by atoms with E-state index in [0.717, 1.165) is 16.9 Å². The Hall–Kier alpha value is -4.04. The van der Waals surface area contributed by atoms with Gasteiger partial charge in [-0.05, 0) is 79.9 Å². The third-order valence-corrected chi connectivity index (χ3v) is 6.93. The molecule has 0 bridgehead atoms. The lowest BCUT2D eigenvalue weighted by Crippen LogP contribution is -2.47. The number of fused-ring (bicyclic) bond motifs is 1. The van der Waals surface area contributed by atoms with Gasteiger partial charge in [0, 0.05) is 41.5 Å². The second-order valence-corrected chi connectivity index (χ2v) is 9.78. The second kappa shape index (κ2) is 12.7. The lowest BCUT2D eigenvalue weighted by molar-refractivity contribution is -0.117. The van der Waals surface area contributed by atoms with Crippen LogP contribution < -0.4 is 19.9 Å². The summed E-state index contributed by atoms with van der Waals surface area (Å²) in [6, 6.07) is 21.6. The molecule has 3 aromatic carbocycles. The van der Waals surface area contributed by atoms with Crippen molar-refractivity contribution < 1.29 is 23.9 Å². The summed E-state index contributed by atoms with van der Waals surface area (Å²) < 4.78 is 10.3. The van der Waals surface area contributed by atoms with Gasteiger partial charge in [0.1, 0.15) is 5.75 Å². The minimum atomic E-state index is -0.475. The van der Waals surface area contributed by atoms with Gasteiger partial charge in [-0.1, -0.05) is 29.8 Å². The summed E-state index contributed by atoms with van der Waals surface area (Å²) in [7, 11) is 1.32. The Balaban J connectivity index is 1.51. The summed E-state index contributed by atoms with van der Waals surface area (Å²) in [5.74, 6) is 0.431. The summed E-state index contributed by atoms with van der Waals surface area (Å²) in [5.41, 5.74) is 2.99. The van der Waals surface area contributed by atoms with Crippen LogP contribution in [0.2, 0.25) is 5.02 Å². The predicted molar refractivity (Wildman–Crippen MR) is 152 cm³/mol. The van der Waals surface area contributed by atoms with E-state index in [0.29, 0.717) is 42.3 Å². The van der Waals surface area contributed by atoms with Crippen molar-refractivity contribution in [2.45, 2.75) is 38.8 Å². The van der Waals surface area contributed by atoms with E-state index in [-0.39, 0.29) is 23.9 Å². The van der Waals surface area contributed by atoms with Gasteiger partial charge in [0.25, 0.3) is 5.91 Å². The van der Waals surface area contributed by atoms with Crippen molar-refractivity contribution in [2.75, 3.05) is 30.1 Å². The predicted octanol–water partition coefficient (Wildman–Crippen LogP) is 6.00. The molecule has 4 rings (SSSR count). The van der Waals surface area contributed by atoms with E-state index < -0.39 is 6.09 Å². The maximum atomic E-state index is 13.7. The number of para-hydroxylation sites is 1. The second-order valence-electron chi connectivity index (χ2n) is 9.34. The molecule has 39 heavy (non-hydrogen) atoms. The number of methoxy groups -OCH3 is 1. The van der Waals surface area contributed by atoms with Crippen LogP contribution in [0.15, 0.2) is 72.8 Å². The molecule has 1 unspecified atom stereocenters. The van der Waals surface area contributed by atoms with Gasteiger partial charge >= 0.3 is 6.09 Å². The fourth-order valence-electron chi connectivity index (χ4n) is 4.88. The van der Waals surface area contributed by atoms with Crippen molar-refractivity contribution in [2.24, 2.45) is 0 Å². The highest BCUT2D eigenvalue weighted by atomic mass is 35.5. The smallest absolute Gasteiger partial charge is 0.406 e. The first-order valence-corrected chi connectivity index (χ1v) is 13.2. The molecule has 0 aromatic heterocycles. The number of alkyl carbamates (subject to hydrolysis) is 1. The molecule has 0 fully saturated rings. The number of nitrogens with zero attached hydrogens (tertiary/aromatic N) is 2. The van der Waals surface area contributed by atoms with Crippen LogP contribution in [0.3, 0.4) is 0 Å². The lowest BCUT2D eigenvalue weighted by Gasteiger charge is -2.43. The van der Waals surface area contributed by atoms with Crippen LogP contribution in [0, 0.1) is 0 Å². The van der Waals surface area contributed by atoms with E-state index in [2.05, 4.69) is 10.1 Å². The molecule has 1 N–H and O–H groups in total. The number of hydrogen-bond acceptors (Lipinski definition) is 5. The summed E-state index contributed by atoms with van der Waals surface area (Å²) in [4.78, 5) is 41.3. The van der Waals surface area contributed by atoms with Crippen LogP contribution in [0.25, 0.3) is 0 Å². The zero-order valence-corrected chi connectivity index (χ0v) is 23.0. The van der Waals surface area contributed by atoms with Crippen molar-refractivity contribution in [1.82, 2.24) is 5.32 Å². The van der Waals surface area contributed by atoms with Crippen LogP contribution in [0.1, 0.15) is 48.7 Å². The largest absolute Gasteiger partial charge is 0.494 e. The van der Waals surface area contributed by atoms with Gasteiger partial charge in [-0.2, -0.15) is 0 Å². The first-order valence-electron chi connectivity index (χ1n) is 12.8. The van der Waals surface area contributed by atoms with Crippen LogP contribution in [-0.4, -0.2) is 44.2 Å². The van der Waals surface area contributed by atoms with Gasteiger partial charge in [0.15, 0.2) is 0 Å². The number of anilines is 2. The van der Waals surface area contributed by atoms with Gasteiger partial charge in [0.2, 0.25) is 5.91 Å². The van der Waals surface area contributed by atoms with E-state index in [1.54, 1.807) is 53.1 Å². The minimum Gasteiger partial charge on any atom is -0.494 e. The zero-order valence-electron chi connectivity index (χ0n) is 22.2. The summed E-state index contributed by atoms with van der Waals surface area (Å²) in [6.07, 6.45) is 0.717. The van der Waals surface area contributed by atoms with Crippen LogP contribution in [-0.2, 0) is 9.53 Å². The fraction of sp³-hybridized carbons (Fsp3) is 0.300. The number of hydrogen-bond donors (Lipinski definition) is 1. The Morgan fingerprint density at radius 3 is 2.38 bits per heavy atom. The highest BCUT2D eigenvalue weighted by Gasteiger charge is 2.38. The SMILES string of the molecule is COC(=O)NCCCOc1ccc(C(=O)N2c3ccccc3C(N(C(C)=O)c3ccc(Cl)cc3)C[C@@H]2C)cc1. The Labute approximate surface area is 233 Å². The maximum Gasteiger partial charge on any atom is 0.406 e. The van der Waals surface area contributed by atoms with Gasteiger partial charge in [0.05, 0.1) is 19.8 Å². The third kappa shape index (κ3) is 6.52. The molecular formula is C30H32ClN3O5. The number of rotatable bonds is 8. The zero-order chi connectivity index (χ0) is 27.9. The van der Waals surface area contributed by atoms with Gasteiger partial charge < -0.3 is 24.6 Å². The minimum absolute atomic E-state index is 0.0826. The number of carbonyl (C=O) groups is 3. The van der Waals surface area contributed by atoms with Crippen LogP contribution in [0.4, 0.5) is 16.2 Å². The van der Waals surface area contributed by atoms with Crippen molar-refractivity contribution >= 4 is 40.9 Å². The summed E-state index contributed by atoms with van der Waals surface area (Å²) >= 11 is 6.09. The molecule has 1 heterocycles. The topological polar surface area (TPSA) is 88.2 Å². The average molecular weight is 550 g/mol. The highest BCUT2D eigenvalue weighted by Crippen LogP contribution is 2.43. The lowest BCUT2D eigenvalue weighted by atomic mass is 9.89. The van der Waals surface area contributed by atoms with Gasteiger partial charge in [-0.15, -0.1) is 0 Å². The molecule has 0 radical (unpaired) electrons. The van der Waals surface area contributed by atoms with Gasteiger partial charge in [-0.3, -0.25) is 9.59 Å². The van der Waals surface area contributed by atoms with Crippen LogP contribution in [0.5, 0.6) is 5.75 Å². The Kier molecular flexibility index (Phi) is 9.09. The average Bonchev–Trinajstić information content (AvgIpc) is 2.93. The molecule has 0 spiro atoms. The molecule has 0 saturated carbocycles. The first kappa shape index (κ1) is 28.0. The van der Waals surface area contributed by atoms with Crippen molar-refractivity contribution in [1.29, 1.82) is 0 Å². The normalized spacial score (nSPS) is 16.2. The van der Waals surface area contributed by atoms with Crippen LogP contribution >= 0.6 is 11.6 Å². The Bertz CT molecular complexity index is 1310. The Morgan fingerprint density at radius 1 is 1.03 bits per heavy atom. The Morgan fingerprint density at radius 2 is 1.72 bits per heavy atom. The molecule has 0 saturated heterocycles. The molecule has 2 atom stereocenters. The molecule has 3 amide bonds. The molecule has 9 heteroatoms. The summed E-state index contributed by atoms with van der Waals surface area (Å²) in [6.45, 7) is 4.41. The number of amides is 3. The molecule has 1 aliphatic heterocycles. The van der Waals surface area contributed by atoms with Crippen molar-refractivity contribution in [3.63, 3.8) is 0 Å². The molecule has 3 aromatic rings. The van der Waals surface area contributed by atoms with E-state index in [1.807, 2.05) is 43.3 Å². The highest BCUT2D eigenvalue weighted by molar-refractivity contribution is 6.30. The van der Waals surface area contributed by atoms with Gasteiger partial charge in [-0.25, -0.2) is 4.79 Å². The number of halogens is 1. The fourth-order valence-corrected chi connectivity index (χ4v) is 5.00. The first-order chi connectivity index (χ1) is 18.8. The third-order valence-electron chi connectivity index (χ3n) is 6.68. The maximum absolute atomic E-state index is 13.7. The van der Waals surface area contributed by atoms with Crippen molar-refractivity contribution in [3.8, 4) is 5.75 Å². The molecular weight excluding hydrogens is 518 g/mol. The standard InChI is InChI=1S/C30H32ClN3O5/c1-20-19-28(34(21(2)35)24-13-11-23(31)12-14-24)26-7-4-5-8-27(26)33(20)29(36)22-9-15-25(16-10-22)39-18-6-17-32-30(37)38-3/h4-5,7-16,20,28H,6,17-19H2,1-3H3,(H,32,37)/t20-,28?/m0/s1. The number of ether oxygens (including phenoxy) is 2. The quantitative estimate of drug-likeness (QED) is 0.348. The van der Waals surface area contributed by atoms with E-state index in [1.165, 1.54) is 7.11 Å². The number of carbonyl (C=O) groups excluding carboxylic acids is 3. The van der Waals surface area contributed by atoms with E-state index >= 15 is 0 Å². The monoisotopic (exact) mass is 549 g/mol. The molecule has 204 valence electrons. The molecule has 0 aliphatic carbocycles.